The number of piperazine rings is 1. The molecule has 2 atom stereocenters. The molecule has 2 saturated carbocycles. The molecule has 3 aromatic rings. The number of amides is 1. The first-order chi connectivity index (χ1) is 26.6. The fraction of sp³-hybridized carbons (Fsp3) is 0.689. The second-order valence-corrected chi connectivity index (χ2v) is 17.8. The minimum Gasteiger partial charge on any atom is -0.494 e. The summed E-state index contributed by atoms with van der Waals surface area (Å²) in [6, 6.07) is 7.84. The highest BCUT2D eigenvalue weighted by atomic mass is 16.5. The maximum absolute atomic E-state index is 12.7. The van der Waals surface area contributed by atoms with Crippen LogP contribution in [0.2, 0.25) is 0 Å². The number of nitrogens with zero attached hydrogens (tertiary/aromatic N) is 5. The maximum atomic E-state index is 12.7. The molecule has 2 aliphatic carbocycles. The van der Waals surface area contributed by atoms with Crippen molar-refractivity contribution in [1.29, 1.82) is 0 Å². The summed E-state index contributed by atoms with van der Waals surface area (Å²) < 4.78 is 7.31. The fourth-order valence-corrected chi connectivity index (χ4v) is 10.2. The van der Waals surface area contributed by atoms with Gasteiger partial charge in [0, 0.05) is 75.6 Å². The minimum atomic E-state index is -0.0881. The van der Waals surface area contributed by atoms with Crippen LogP contribution in [0, 0.1) is 30.1 Å². The summed E-state index contributed by atoms with van der Waals surface area (Å²) in [5.74, 6) is 4.03. The van der Waals surface area contributed by atoms with Crippen molar-refractivity contribution >= 4 is 34.3 Å². The summed E-state index contributed by atoms with van der Waals surface area (Å²) in [6.45, 7) is 12.9. The normalized spacial score (nSPS) is 22.9. The predicted octanol–water partition coefficient (Wildman–Crippen LogP) is 8.77. The molecule has 3 fully saturated rings. The van der Waals surface area contributed by atoms with Crippen LogP contribution in [0.1, 0.15) is 122 Å². The van der Waals surface area contributed by atoms with Crippen LogP contribution in [0.5, 0.6) is 5.75 Å². The standard InChI is InChI=1S/C45H69N7O3/c1-33-24-35-27-36(25-33)30-45(3,29-35)31-41(53)46-18-14-12-10-8-6-7-9-11-13-15-19-51-20-22-52(23-21-51)37-16-17-39(40(28-37)55-5)48-44-47-32-38-34(2)26-42(54)50(4)43(38)49-44/h16-17,26,28,32-33,35-36H,6-15,18-25,27,29-31H2,1-5H3,(H,46,53)(H,47,48,49). The van der Waals surface area contributed by atoms with Crippen LogP contribution < -0.4 is 25.8 Å². The van der Waals surface area contributed by atoms with Crippen LogP contribution in [-0.4, -0.2) is 71.7 Å². The number of ether oxygens (including phenoxy) is 1. The molecular weight excluding hydrogens is 687 g/mol. The molecule has 3 aliphatic rings. The molecule has 6 rings (SSSR count). The third-order valence-corrected chi connectivity index (χ3v) is 12.9. The maximum Gasteiger partial charge on any atom is 0.252 e. The van der Waals surface area contributed by atoms with Gasteiger partial charge in [-0.25, -0.2) is 4.98 Å². The summed E-state index contributed by atoms with van der Waals surface area (Å²) in [4.78, 5) is 39.2. The van der Waals surface area contributed by atoms with Crippen LogP contribution in [-0.2, 0) is 11.8 Å². The van der Waals surface area contributed by atoms with Crippen LogP contribution in [0.3, 0.4) is 0 Å². The molecule has 1 aliphatic heterocycles. The molecule has 10 heteroatoms. The van der Waals surface area contributed by atoms with E-state index in [1.54, 1.807) is 31.0 Å². The lowest BCUT2D eigenvalue weighted by Crippen LogP contribution is -2.46. The summed E-state index contributed by atoms with van der Waals surface area (Å²) in [6.07, 6.45) is 22.1. The smallest absolute Gasteiger partial charge is 0.252 e. The molecule has 2 aromatic heterocycles. The molecule has 2 unspecified atom stereocenters. The van der Waals surface area contributed by atoms with E-state index in [2.05, 4.69) is 56.4 Å². The number of pyridine rings is 1. The van der Waals surface area contributed by atoms with Crippen molar-refractivity contribution < 1.29 is 9.53 Å². The van der Waals surface area contributed by atoms with E-state index < -0.39 is 0 Å². The SMILES string of the molecule is COc1cc(N2CCN(CCCCCCCCCCCCNC(=O)CC3(C)CC4CC(C)CC(C4)C3)CC2)ccc1Nc1ncc2c(C)cc(=O)n(C)c2n1. The lowest BCUT2D eigenvalue weighted by molar-refractivity contribution is -0.124. The Morgan fingerprint density at radius 1 is 0.909 bits per heavy atom. The molecule has 55 heavy (non-hydrogen) atoms. The number of carbonyl (C=O) groups is 1. The van der Waals surface area contributed by atoms with Crippen molar-refractivity contribution in [2.24, 2.45) is 30.2 Å². The van der Waals surface area contributed by atoms with Gasteiger partial charge in [-0.1, -0.05) is 65.2 Å². The van der Waals surface area contributed by atoms with Gasteiger partial charge in [-0.15, -0.1) is 0 Å². The summed E-state index contributed by atoms with van der Waals surface area (Å²) in [7, 11) is 3.41. The van der Waals surface area contributed by atoms with Crippen molar-refractivity contribution in [3.63, 3.8) is 0 Å². The second kappa shape index (κ2) is 19.5. The molecule has 0 spiro atoms. The third-order valence-electron chi connectivity index (χ3n) is 12.9. The van der Waals surface area contributed by atoms with Gasteiger partial charge >= 0.3 is 0 Å². The summed E-state index contributed by atoms with van der Waals surface area (Å²) in [5, 5.41) is 7.40. The quantitative estimate of drug-likeness (QED) is 0.117. The van der Waals surface area contributed by atoms with E-state index in [9.17, 15) is 9.59 Å². The first-order valence-corrected chi connectivity index (χ1v) is 21.6. The Hall–Kier alpha value is -3.66. The molecule has 2 N–H and O–H groups in total. The Morgan fingerprint density at radius 3 is 2.24 bits per heavy atom. The number of aromatic nitrogens is 3. The fourth-order valence-electron chi connectivity index (χ4n) is 10.2. The number of methoxy groups -OCH3 is 1. The highest BCUT2D eigenvalue weighted by molar-refractivity contribution is 5.80. The van der Waals surface area contributed by atoms with Gasteiger partial charge in [-0.3, -0.25) is 19.1 Å². The second-order valence-electron chi connectivity index (χ2n) is 17.8. The van der Waals surface area contributed by atoms with E-state index in [1.807, 2.05) is 13.0 Å². The molecule has 0 radical (unpaired) electrons. The van der Waals surface area contributed by atoms with Crippen LogP contribution >= 0.6 is 0 Å². The van der Waals surface area contributed by atoms with Gasteiger partial charge in [0.15, 0.2) is 0 Å². The van der Waals surface area contributed by atoms with Crippen molar-refractivity contribution in [2.45, 2.75) is 124 Å². The molecule has 1 amide bonds. The van der Waals surface area contributed by atoms with Crippen LogP contribution in [0.15, 0.2) is 35.3 Å². The number of rotatable bonds is 19. The topological polar surface area (TPSA) is 105 Å². The number of hydrogen-bond acceptors (Lipinski definition) is 8. The average molecular weight is 756 g/mol. The number of fused-ring (bicyclic) bond motifs is 3. The van der Waals surface area contributed by atoms with Crippen molar-refractivity contribution in [2.75, 3.05) is 56.6 Å². The Labute approximate surface area is 330 Å². The first-order valence-electron chi connectivity index (χ1n) is 21.6. The number of hydrogen-bond donors (Lipinski definition) is 2. The van der Waals surface area contributed by atoms with Gasteiger partial charge in [0.2, 0.25) is 11.9 Å². The monoisotopic (exact) mass is 756 g/mol. The Balaban J connectivity index is 0.782. The average Bonchev–Trinajstić information content (AvgIpc) is 3.15. The minimum absolute atomic E-state index is 0.0881. The molecule has 10 nitrogen and oxygen atoms in total. The third kappa shape index (κ3) is 11.5. The van der Waals surface area contributed by atoms with Gasteiger partial charge in [-0.2, -0.15) is 4.98 Å². The zero-order valence-corrected chi connectivity index (χ0v) is 34.6. The van der Waals surface area contributed by atoms with E-state index in [4.69, 9.17) is 4.74 Å². The van der Waals surface area contributed by atoms with Gasteiger partial charge in [0.1, 0.15) is 11.4 Å². The number of carbonyl (C=O) groups excluding carboxylic acids is 1. The summed E-state index contributed by atoms with van der Waals surface area (Å²) in [5.41, 5.74) is 3.54. The van der Waals surface area contributed by atoms with E-state index in [-0.39, 0.29) is 16.9 Å². The summed E-state index contributed by atoms with van der Waals surface area (Å²) >= 11 is 0. The predicted molar refractivity (Wildman–Crippen MR) is 226 cm³/mol. The first kappa shape index (κ1) is 41.0. The number of benzene rings is 1. The lowest BCUT2D eigenvalue weighted by atomic mass is 9.58. The zero-order chi connectivity index (χ0) is 38.8. The van der Waals surface area contributed by atoms with Gasteiger partial charge in [-0.05, 0) is 99.3 Å². The number of anilines is 3. The lowest BCUT2D eigenvalue weighted by Gasteiger charge is -2.47. The molecular formula is C45H69N7O3. The number of nitrogens with one attached hydrogen (secondary N) is 2. The van der Waals surface area contributed by atoms with Gasteiger partial charge in [0.05, 0.1) is 12.8 Å². The van der Waals surface area contributed by atoms with Crippen molar-refractivity contribution in [3.05, 3.63) is 46.4 Å². The highest BCUT2D eigenvalue weighted by Crippen LogP contribution is 2.51. The van der Waals surface area contributed by atoms with Crippen molar-refractivity contribution in [1.82, 2.24) is 24.8 Å². The van der Waals surface area contributed by atoms with E-state index in [0.717, 1.165) is 91.4 Å². The zero-order valence-electron chi connectivity index (χ0n) is 34.6. The Morgan fingerprint density at radius 2 is 1.56 bits per heavy atom. The van der Waals surface area contributed by atoms with Crippen molar-refractivity contribution in [3.8, 4) is 5.75 Å². The molecule has 1 aromatic carbocycles. The molecule has 3 heterocycles. The molecule has 2 bridgehead atoms. The van der Waals surface area contributed by atoms with Gasteiger partial charge < -0.3 is 20.3 Å². The number of aryl methyl sites for hydroxylation is 2. The van der Waals surface area contributed by atoms with Crippen LogP contribution in [0.25, 0.3) is 11.0 Å². The Bertz CT molecular complexity index is 1750. The highest BCUT2D eigenvalue weighted by Gasteiger charge is 2.41. The number of unbranched alkanes of at least 4 members (excludes halogenated alkanes) is 9. The molecule has 302 valence electrons. The van der Waals surface area contributed by atoms with E-state index >= 15 is 0 Å². The van der Waals surface area contributed by atoms with E-state index in [0.29, 0.717) is 11.6 Å². The van der Waals surface area contributed by atoms with E-state index in [1.165, 1.54) is 96.4 Å². The largest absolute Gasteiger partial charge is 0.494 e. The molecule has 1 saturated heterocycles. The van der Waals surface area contributed by atoms with Crippen LogP contribution in [0.4, 0.5) is 17.3 Å². The Kier molecular flexibility index (Phi) is 14.5. The van der Waals surface area contributed by atoms with Gasteiger partial charge in [0.25, 0.3) is 5.56 Å².